The van der Waals surface area contributed by atoms with Gasteiger partial charge in [-0.2, -0.15) is 0 Å². The van der Waals surface area contributed by atoms with Gasteiger partial charge in [0.1, 0.15) is 0 Å². The summed E-state index contributed by atoms with van der Waals surface area (Å²) in [5.41, 5.74) is 12.1. The number of hydrogen-bond acceptors (Lipinski definition) is 1. The summed E-state index contributed by atoms with van der Waals surface area (Å²) in [6, 6.07) is 0.117. The van der Waals surface area contributed by atoms with E-state index in [2.05, 4.69) is 94.1 Å². The molecule has 0 heterocycles. The Bertz CT molecular complexity index is 1040. The van der Waals surface area contributed by atoms with Crippen molar-refractivity contribution in [2.75, 3.05) is 0 Å². The molecule has 0 aromatic rings. The lowest BCUT2D eigenvalue weighted by Crippen LogP contribution is -2.18. The largest absolute Gasteiger partial charge is 0.296 e. The van der Waals surface area contributed by atoms with E-state index in [4.69, 9.17) is 0 Å². The van der Waals surface area contributed by atoms with Crippen LogP contribution in [0, 0.1) is 41.4 Å². The zero-order chi connectivity index (χ0) is 28.6. The van der Waals surface area contributed by atoms with E-state index in [0.29, 0.717) is 11.8 Å². The first-order chi connectivity index (χ1) is 18.9. The van der Waals surface area contributed by atoms with Crippen LogP contribution in [-0.4, -0.2) is 12.8 Å². The molecule has 2 aliphatic rings. The van der Waals surface area contributed by atoms with Crippen molar-refractivity contribution in [1.29, 1.82) is 0 Å². The highest BCUT2D eigenvalue weighted by Gasteiger charge is 2.30. The Balaban J connectivity index is 2.39. The van der Waals surface area contributed by atoms with Crippen molar-refractivity contribution in [3.05, 3.63) is 71.2 Å². The number of rotatable bonds is 17. The first-order valence-electron chi connectivity index (χ1n) is 15.6. The van der Waals surface area contributed by atoms with Crippen LogP contribution in [0.5, 0.6) is 0 Å². The predicted molar refractivity (Wildman–Crippen MR) is 173 cm³/mol. The Morgan fingerprint density at radius 1 is 1.21 bits per heavy atom. The van der Waals surface area contributed by atoms with E-state index in [1.807, 2.05) is 13.0 Å². The molecule has 212 valence electrons. The van der Waals surface area contributed by atoms with Gasteiger partial charge in [-0.05, 0) is 139 Å². The van der Waals surface area contributed by atoms with Crippen molar-refractivity contribution in [2.45, 2.75) is 118 Å². The van der Waals surface area contributed by atoms with Crippen LogP contribution in [0.3, 0.4) is 0 Å². The van der Waals surface area contributed by atoms with E-state index in [9.17, 15) is 0 Å². The second kappa shape index (κ2) is 18.0. The molecule has 1 nitrogen and oxygen atoms in total. The summed E-state index contributed by atoms with van der Waals surface area (Å²) in [6.07, 6.45) is 22.8. The Hall–Kier alpha value is -2.51. The smallest absolute Gasteiger partial charge is 0.0639 e. The van der Waals surface area contributed by atoms with E-state index >= 15 is 0 Å². The molecule has 39 heavy (non-hydrogen) atoms. The molecule has 2 rings (SSSR count). The molecule has 0 amide bonds. The van der Waals surface area contributed by atoms with Gasteiger partial charge in [0.15, 0.2) is 0 Å². The molecule has 0 aromatic heterocycles. The third-order valence-corrected chi connectivity index (χ3v) is 8.87. The minimum absolute atomic E-state index is 0.117. The fraction of sp³-hybridized carbons (Fsp3) is 0.605. The summed E-state index contributed by atoms with van der Waals surface area (Å²) >= 11 is 0. The first-order valence-corrected chi connectivity index (χ1v) is 15.6. The maximum absolute atomic E-state index is 4.48. The van der Waals surface area contributed by atoms with Crippen molar-refractivity contribution in [3.8, 4) is 11.8 Å². The zero-order valence-electron chi connectivity index (χ0n) is 25.8. The SMILES string of the molecule is C=C=C(CC(CCC1=CCCCC#CC1C(C)N=C)C(=CCC(CC)C1CC1)C(=C)C)C(CC)CC=C=CC. The second-order valence-corrected chi connectivity index (χ2v) is 11.7. The van der Waals surface area contributed by atoms with Gasteiger partial charge >= 0.3 is 0 Å². The van der Waals surface area contributed by atoms with Crippen LogP contribution >= 0.6 is 0 Å². The van der Waals surface area contributed by atoms with Crippen LogP contribution in [0.4, 0.5) is 0 Å². The van der Waals surface area contributed by atoms with Gasteiger partial charge in [0.2, 0.25) is 0 Å². The van der Waals surface area contributed by atoms with Gasteiger partial charge in [-0.15, -0.1) is 17.4 Å². The molecular weight excluding hydrogens is 470 g/mol. The lowest BCUT2D eigenvalue weighted by Gasteiger charge is -2.27. The fourth-order valence-corrected chi connectivity index (χ4v) is 6.14. The van der Waals surface area contributed by atoms with Gasteiger partial charge in [0, 0.05) is 6.42 Å². The molecule has 0 bridgehead atoms. The summed E-state index contributed by atoms with van der Waals surface area (Å²) < 4.78 is 0. The Morgan fingerprint density at radius 3 is 2.56 bits per heavy atom. The quantitative estimate of drug-likeness (QED) is 0.0588. The lowest BCUT2D eigenvalue weighted by molar-refractivity contribution is 0.446. The molecule has 0 radical (unpaired) electrons. The van der Waals surface area contributed by atoms with Crippen LogP contribution in [0.1, 0.15) is 112 Å². The van der Waals surface area contributed by atoms with Gasteiger partial charge in [0.05, 0.1) is 12.0 Å². The molecule has 1 fully saturated rings. The maximum Gasteiger partial charge on any atom is 0.0639 e. The molecule has 5 atom stereocenters. The van der Waals surface area contributed by atoms with Crippen molar-refractivity contribution in [2.24, 2.45) is 34.6 Å². The average molecular weight is 526 g/mol. The average Bonchev–Trinajstić information content (AvgIpc) is 3.76. The summed E-state index contributed by atoms with van der Waals surface area (Å²) in [6.45, 7) is 23.5. The second-order valence-electron chi connectivity index (χ2n) is 11.7. The number of hydrogen-bond donors (Lipinski definition) is 0. The molecule has 2 aliphatic carbocycles. The number of nitrogens with zero attached hydrogens (tertiary/aromatic N) is 1. The maximum atomic E-state index is 4.48. The third-order valence-electron chi connectivity index (χ3n) is 8.87. The van der Waals surface area contributed by atoms with E-state index in [1.54, 1.807) is 0 Å². The highest BCUT2D eigenvalue weighted by molar-refractivity contribution is 5.32. The van der Waals surface area contributed by atoms with Crippen molar-refractivity contribution in [1.82, 2.24) is 0 Å². The highest BCUT2D eigenvalue weighted by atomic mass is 14.7. The highest BCUT2D eigenvalue weighted by Crippen LogP contribution is 2.42. The molecule has 1 heteroatoms. The minimum Gasteiger partial charge on any atom is -0.296 e. The molecular formula is C38H55N. The summed E-state index contributed by atoms with van der Waals surface area (Å²) in [4.78, 5) is 4.38. The van der Waals surface area contributed by atoms with E-state index in [0.717, 1.165) is 63.2 Å². The summed E-state index contributed by atoms with van der Waals surface area (Å²) in [5, 5.41) is 0. The monoisotopic (exact) mass is 525 g/mol. The van der Waals surface area contributed by atoms with E-state index in [1.165, 1.54) is 48.0 Å². The normalized spacial score (nSPS) is 20.3. The van der Waals surface area contributed by atoms with Crippen molar-refractivity contribution < 1.29 is 0 Å². The Morgan fingerprint density at radius 2 is 1.97 bits per heavy atom. The molecule has 0 N–H and O–H groups in total. The van der Waals surface area contributed by atoms with E-state index in [-0.39, 0.29) is 12.0 Å². The Kier molecular flexibility index (Phi) is 15.1. The van der Waals surface area contributed by atoms with Crippen molar-refractivity contribution >= 4 is 6.72 Å². The van der Waals surface area contributed by atoms with Gasteiger partial charge < -0.3 is 0 Å². The molecule has 5 unspecified atom stereocenters. The van der Waals surface area contributed by atoms with Gasteiger partial charge in [0.25, 0.3) is 0 Å². The molecule has 0 aromatic carbocycles. The zero-order valence-corrected chi connectivity index (χ0v) is 25.8. The fourth-order valence-electron chi connectivity index (χ4n) is 6.14. The summed E-state index contributed by atoms with van der Waals surface area (Å²) in [5.74, 6) is 9.71. The first kappa shape index (κ1) is 32.7. The Labute approximate surface area is 241 Å². The standard InChI is InChI=1S/C38H55N/c1-9-13-16-19-31(10-2)33(12-4)28-36(37(29(5)6)27-26-32(11-3)34-22-23-34)25-24-35-20-17-14-15-18-21-38(35)30(7)39-8/h9,16,20,27,30-32,34,36,38H,4-5,8,10-11,14-15,17,19,22-26,28H2,1-3,6-7H3. The number of allylic oxidation sites excluding steroid dienone is 6. The van der Waals surface area contributed by atoms with Crippen LogP contribution in [0.15, 0.2) is 76.2 Å². The lowest BCUT2D eigenvalue weighted by atomic mass is 9.77. The molecule has 0 saturated heterocycles. The molecule has 0 aliphatic heterocycles. The van der Waals surface area contributed by atoms with Gasteiger partial charge in [-0.25, -0.2) is 0 Å². The van der Waals surface area contributed by atoms with Crippen molar-refractivity contribution in [3.63, 3.8) is 0 Å². The minimum atomic E-state index is 0.117. The van der Waals surface area contributed by atoms with Gasteiger partial charge in [-0.1, -0.05) is 62.6 Å². The van der Waals surface area contributed by atoms with Crippen LogP contribution in [0.2, 0.25) is 0 Å². The third kappa shape index (κ3) is 10.9. The summed E-state index contributed by atoms with van der Waals surface area (Å²) in [7, 11) is 0. The molecule has 0 spiro atoms. The van der Waals surface area contributed by atoms with Crippen LogP contribution < -0.4 is 0 Å². The van der Waals surface area contributed by atoms with Crippen LogP contribution in [-0.2, 0) is 0 Å². The molecule has 1 saturated carbocycles. The predicted octanol–water partition coefficient (Wildman–Crippen LogP) is 10.8. The van der Waals surface area contributed by atoms with Gasteiger partial charge in [-0.3, -0.25) is 4.99 Å². The van der Waals surface area contributed by atoms with E-state index < -0.39 is 0 Å². The van der Waals surface area contributed by atoms with Crippen LogP contribution in [0.25, 0.3) is 0 Å². The topological polar surface area (TPSA) is 12.4 Å². The number of aliphatic imine (C=N–C) groups is 1.